The minimum Gasteiger partial charge on any atom is -0.378 e. The van der Waals surface area contributed by atoms with Crippen molar-refractivity contribution in [1.82, 2.24) is 20.1 Å². The molecule has 1 amide bonds. The van der Waals surface area contributed by atoms with Crippen molar-refractivity contribution in [3.8, 4) is 11.3 Å². The van der Waals surface area contributed by atoms with Gasteiger partial charge in [-0.3, -0.25) is 14.5 Å². The van der Waals surface area contributed by atoms with Gasteiger partial charge in [0.1, 0.15) is 10.7 Å². The molecule has 1 aliphatic heterocycles. The van der Waals surface area contributed by atoms with E-state index in [-0.39, 0.29) is 18.2 Å². The molecule has 0 spiro atoms. The van der Waals surface area contributed by atoms with Crippen LogP contribution in [0, 0.1) is 0 Å². The van der Waals surface area contributed by atoms with E-state index in [1.807, 2.05) is 12.6 Å². The molecule has 1 saturated heterocycles. The minimum absolute atomic E-state index is 0.0651. The second-order valence-electron chi connectivity index (χ2n) is 7.29. The third kappa shape index (κ3) is 6.35. The number of benzene rings is 1. The van der Waals surface area contributed by atoms with Gasteiger partial charge < -0.3 is 15.5 Å². The quantitative estimate of drug-likeness (QED) is 0.649. The molecule has 0 aliphatic carbocycles. The largest absolute Gasteiger partial charge is 0.378 e. The zero-order chi connectivity index (χ0) is 20.6. The van der Waals surface area contributed by atoms with Crippen molar-refractivity contribution in [1.29, 1.82) is 0 Å². The number of hydrogen-bond acceptors (Lipinski definition) is 7. The van der Waals surface area contributed by atoms with Gasteiger partial charge in [0, 0.05) is 52.3 Å². The predicted octanol–water partition coefficient (Wildman–Crippen LogP) is 1.72. The molecule has 0 atom stereocenters. The van der Waals surface area contributed by atoms with Gasteiger partial charge in [-0.05, 0) is 12.0 Å². The van der Waals surface area contributed by atoms with Crippen LogP contribution in [0.15, 0.2) is 29.8 Å². The molecule has 0 radical (unpaired) electrons. The fourth-order valence-electron chi connectivity index (χ4n) is 3.45. The standard InChI is InChI=1S/C21H29N5O2S/c1-16(27)23-13-19(28)14-26-11-9-25(10-12-26)8-7-17-3-5-18(6-4-17)20-21(22-2)29-15-24-20/h3-6,15,22H,7-14H2,1-2H3,(H,23,27). The van der Waals surface area contributed by atoms with Crippen molar-refractivity contribution in [3.63, 3.8) is 0 Å². The average molecular weight is 416 g/mol. The first-order valence-corrected chi connectivity index (χ1v) is 10.8. The fourth-order valence-corrected chi connectivity index (χ4v) is 4.11. The number of ketones is 1. The first-order valence-electron chi connectivity index (χ1n) is 9.96. The molecule has 0 bridgehead atoms. The molecule has 3 rings (SSSR count). The van der Waals surface area contributed by atoms with E-state index in [0.29, 0.717) is 6.54 Å². The molecular weight excluding hydrogens is 386 g/mol. The number of amides is 1. The van der Waals surface area contributed by atoms with Crippen LogP contribution in [0.4, 0.5) is 5.00 Å². The van der Waals surface area contributed by atoms with E-state index < -0.39 is 0 Å². The molecule has 1 aromatic heterocycles. The Morgan fingerprint density at radius 3 is 2.45 bits per heavy atom. The number of piperazine rings is 1. The Kier molecular flexibility index (Phi) is 7.74. The van der Waals surface area contributed by atoms with Crippen molar-refractivity contribution < 1.29 is 9.59 Å². The summed E-state index contributed by atoms with van der Waals surface area (Å²) in [6.07, 6.45) is 1.01. The summed E-state index contributed by atoms with van der Waals surface area (Å²) in [5, 5.41) is 6.85. The van der Waals surface area contributed by atoms with Crippen LogP contribution in [0.2, 0.25) is 0 Å². The SMILES string of the molecule is CNc1scnc1-c1ccc(CCN2CCN(CC(=O)CNC(C)=O)CC2)cc1. The van der Waals surface area contributed by atoms with Gasteiger partial charge in [-0.2, -0.15) is 0 Å². The molecule has 1 fully saturated rings. The van der Waals surface area contributed by atoms with Crippen molar-refractivity contribution in [2.24, 2.45) is 0 Å². The number of rotatable bonds is 9. The highest BCUT2D eigenvalue weighted by molar-refractivity contribution is 7.14. The van der Waals surface area contributed by atoms with E-state index in [1.54, 1.807) is 11.3 Å². The number of anilines is 1. The van der Waals surface area contributed by atoms with Crippen LogP contribution in [0.25, 0.3) is 11.3 Å². The Morgan fingerprint density at radius 2 is 1.79 bits per heavy atom. The van der Waals surface area contributed by atoms with Crippen LogP contribution in [-0.2, 0) is 16.0 Å². The molecule has 1 aromatic carbocycles. The molecule has 29 heavy (non-hydrogen) atoms. The molecule has 1 aliphatic rings. The third-order valence-electron chi connectivity index (χ3n) is 5.14. The summed E-state index contributed by atoms with van der Waals surface area (Å²) in [5.74, 6) is -0.0967. The maximum absolute atomic E-state index is 11.9. The Labute approximate surface area is 176 Å². The number of Topliss-reactive ketones (excluding diaryl/α,β-unsaturated/α-hetero) is 1. The Morgan fingerprint density at radius 1 is 1.10 bits per heavy atom. The van der Waals surface area contributed by atoms with Crippen molar-refractivity contribution >= 4 is 28.0 Å². The molecule has 8 heteroatoms. The number of carbonyl (C=O) groups excluding carboxylic acids is 2. The van der Waals surface area contributed by atoms with E-state index in [1.165, 1.54) is 12.5 Å². The average Bonchev–Trinajstić information content (AvgIpc) is 3.21. The van der Waals surface area contributed by atoms with Gasteiger partial charge >= 0.3 is 0 Å². The molecule has 156 valence electrons. The van der Waals surface area contributed by atoms with Crippen molar-refractivity contribution in [3.05, 3.63) is 35.3 Å². The number of nitrogens with zero attached hydrogens (tertiary/aromatic N) is 3. The van der Waals surface area contributed by atoms with E-state index in [4.69, 9.17) is 0 Å². The molecule has 2 aromatic rings. The fraction of sp³-hybridized carbons (Fsp3) is 0.476. The normalized spacial score (nSPS) is 15.2. The lowest BCUT2D eigenvalue weighted by molar-refractivity contribution is -0.124. The Bertz CT molecular complexity index is 813. The summed E-state index contributed by atoms with van der Waals surface area (Å²) in [6, 6.07) is 8.66. The van der Waals surface area contributed by atoms with Gasteiger partial charge in [0.15, 0.2) is 5.78 Å². The summed E-state index contributed by atoms with van der Waals surface area (Å²) >= 11 is 1.61. The van der Waals surface area contributed by atoms with Gasteiger partial charge in [0.2, 0.25) is 5.91 Å². The maximum Gasteiger partial charge on any atom is 0.217 e. The third-order valence-corrected chi connectivity index (χ3v) is 5.98. The van der Waals surface area contributed by atoms with Crippen LogP contribution < -0.4 is 10.6 Å². The van der Waals surface area contributed by atoms with Gasteiger partial charge in [0.25, 0.3) is 0 Å². The molecular formula is C21H29N5O2S. The van der Waals surface area contributed by atoms with Gasteiger partial charge in [0.05, 0.1) is 18.6 Å². The van der Waals surface area contributed by atoms with Gasteiger partial charge in [-0.15, -0.1) is 11.3 Å². The number of carbonyl (C=O) groups is 2. The van der Waals surface area contributed by atoms with Crippen LogP contribution >= 0.6 is 11.3 Å². The summed E-state index contributed by atoms with van der Waals surface area (Å²) in [4.78, 5) is 31.8. The number of nitrogens with one attached hydrogen (secondary N) is 2. The lowest BCUT2D eigenvalue weighted by Crippen LogP contribution is -2.49. The number of aromatic nitrogens is 1. The molecule has 2 N–H and O–H groups in total. The van der Waals surface area contributed by atoms with E-state index in [0.717, 1.165) is 55.4 Å². The summed E-state index contributed by atoms with van der Waals surface area (Å²) in [6.45, 7) is 6.71. The van der Waals surface area contributed by atoms with Crippen molar-refractivity contribution in [2.75, 3.05) is 58.2 Å². The predicted molar refractivity (Wildman–Crippen MR) is 117 cm³/mol. The maximum atomic E-state index is 11.9. The second-order valence-corrected chi connectivity index (χ2v) is 8.15. The zero-order valence-electron chi connectivity index (χ0n) is 17.1. The first-order chi connectivity index (χ1) is 14.0. The highest BCUT2D eigenvalue weighted by Gasteiger charge is 2.18. The lowest BCUT2D eigenvalue weighted by atomic mass is 10.1. The molecule has 7 nitrogen and oxygen atoms in total. The number of thiazole rings is 1. The molecule has 0 unspecified atom stereocenters. The monoisotopic (exact) mass is 415 g/mol. The highest BCUT2D eigenvalue weighted by atomic mass is 32.1. The lowest BCUT2D eigenvalue weighted by Gasteiger charge is -2.34. The summed E-state index contributed by atoms with van der Waals surface area (Å²) in [5.41, 5.74) is 5.33. The van der Waals surface area contributed by atoms with Gasteiger partial charge in [-0.25, -0.2) is 4.98 Å². The van der Waals surface area contributed by atoms with E-state index in [9.17, 15) is 9.59 Å². The Balaban J connectivity index is 1.40. The topological polar surface area (TPSA) is 77.6 Å². The van der Waals surface area contributed by atoms with Crippen molar-refractivity contribution in [2.45, 2.75) is 13.3 Å². The van der Waals surface area contributed by atoms with Gasteiger partial charge in [-0.1, -0.05) is 24.3 Å². The smallest absolute Gasteiger partial charge is 0.217 e. The van der Waals surface area contributed by atoms with Crippen LogP contribution in [0.5, 0.6) is 0 Å². The van der Waals surface area contributed by atoms with E-state index >= 15 is 0 Å². The zero-order valence-corrected chi connectivity index (χ0v) is 17.9. The van der Waals surface area contributed by atoms with Crippen LogP contribution in [-0.4, -0.2) is 79.3 Å². The molecule has 2 heterocycles. The Hall–Kier alpha value is -2.29. The number of hydrogen-bond donors (Lipinski definition) is 2. The second kappa shape index (κ2) is 10.5. The highest BCUT2D eigenvalue weighted by Crippen LogP contribution is 2.30. The van der Waals surface area contributed by atoms with Crippen LogP contribution in [0.3, 0.4) is 0 Å². The minimum atomic E-state index is -0.162. The first kappa shape index (κ1) is 21.4. The van der Waals surface area contributed by atoms with Crippen LogP contribution in [0.1, 0.15) is 12.5 Å². The summed E-state index contributed by atoms with van der Waals surface area (Å²) in [7, 11) is 1.92. The molecule has 0 saturated carbocycles. The van der Waals surface area contributed by atoms with E-state index in [2.05, 4.69) is 49.7 Å². The summed E-state index contributed by atoms with van der Waals surface area (Å²) < 4.78 is 0.